The molecule has 5 aromatic rings. The predicted octanol–water partition coefficient (Wildman–Crippen LogP) is 4.95. The van der Waals surface area contributed by atoms with Gasteiger partial charge in [-0.05, 0) is 55.0 Å². The molecule has 0 aliphatic heterocycles. The molecule has 2 heterocycles. The van der Waals surface area contributed by atoms with Gasteiger partial charge >= 0.3 is 0 Å². The number of aryl methyl sites for hydroxylation is 2. The van der Waals surface area contributed by atoms with Crippen LogP contribution in [0.25, 0.3) is 16.7 Å². The van der Waals surface area contributed by atoms with Crippen molar-refractivity contribution in [2.75, 3.05) is 5.32 Å². The Morgan fingerprint density at radius 1 is 1.03 bits per heavy atom. The molecule has 160 valence electrons. The SMILES string of the molecule is Cc1cccc(Oc2ccc(Cl)cc2NCc2nnc3n(C)c(=O)c4ccccc4n23)c1. The lowest BCUT2D eigenvalue weighted by Crippen LogP contribution is -2.20. The highest BCUT2D eigenvalue weighted by molar-refractivity contribution is 6.30. The van der Waals surface area contributed by atoms with Crippen molar-refractivity contribution >= 4 is 34.0 Å². The Hall–Kier alpha value is -3.84. The van der Waals surface area contributed by atoms with Gasteiger partial charge in [-0.25, -0.2) is 0 Å². The molecule has 0 atom stereocenters. The Kier molecular flexibility index (Phi) is 5.03. The Labute approximate surface area is 188 Å². The maximum Gasteiger partial charge on any atom is 0.262 e. The number of halogens is 1. The second kappa shape index (κ2) is 8.01. The number of para-hydroxylation sites is 1. The fourth-order valence-corrected chi connectivity index (χ4v) is 3.89. The van der Waals surface area contributed by atoms with Crippen LogP contribution in [0.1, 0.15) is 11.4 Å². The van der Waals surface area contributed by atoms with E-state index in [1.807, 2.05) is 65.9 Å². The summed E-state index contributed by atoms with van der Waals surface area (Å²) in [5.41, 5.74) is 2.49. The van der Waals surface area contributed by atoms with E-state index >= 15 is 0 Å². The number of nitrogens with one attached hydrogen (secondary N) is 1. The zero-order chi connectivity index (χ0) is 22.2. The quantitative estimate of drug-likeness (QED) is 0.414. The molecule has 0 radical (unpaired) electrons. The second-order valence-electron chi connectivity index (χ2n) is 7.55. The molecular weight excluding hydrogens is 426 g/mol. The molecule has 1 N–H and O–H groups in total. The molecular formula is C24H20ClN5O2. The number of hydrogen-bond donors (Lipinski definition) is 1. The summed E-state index contributed by atoms with van der Waals surface area (Å²) in [7, 11) is 1.70. The molecule has 0 aliphatic carbocycles. The Balaban J connectivity index is 1.52. The van der Waals surface area contributed by atoms with Crippen molar-refractivity contribution in [2.45, 2.75) is 13.5 Å². The van der Waals surface area contributed by atoms with Crippen LogP contribution in [0.5, 0.6) is 11.5 Å². The van der Waals surface area contributed by atoms with E-state index in [1.165, 1.54) is 4.57 Å². The lowest BCUT2D eigenvalue weighted by Gasteiger charge is -2.14. The summed E-state index contributed by atoms with van der Waals surface area (Å²) in [6.07, 6.45) is 0. The number of fused-ring (bicyclic) bond motifs is 3. The van der Waals surface area contributed by atoms with Crippen LogP contribution in [0.3, 0.4) is 0 Å². The minimum atomic E-state index is -0.108. The fraction of sp³-hybridized carbons (Fsp3) is 0.125. The second-order valence-corrected chi connectivity index (χ2v) is 7.98. The van der Waals surface area contributed by atoms with Gasteiger partial charge in [-0.2, -0.15) is 0 Å². The molecule has 0 aliphatic rings. The molecule has 8 heteroatoms. The lowest BCUT2D eigenvalue weighted by atomic mass is 10.2. The number of ether oxygens (including phenoxy) is 1. The molecule has 2 aromatic heterocycles. The first-order valence-electron chi connectivity index (χ1n) is 10.1. The summed E-state index contributed by atoms with van der Waals surface area (Å²) < 4.78 is 9.49. The van der Waals surface area contributed by atoms with Crippen molar-refractivity contribution in [3.05, 3.63) is 93.5 Å². The summed E-state index contributed by atoms with van der Waals surface area (Å²) >= 11 is 6.25. The van der Waals surface area contributed by atoms with Gasteiger partial charge in [-0.3, -0.25) is 13.8 Å². The molecule has 3 aromatic carbocycles. The highest BCUT2D eigenvalue weighted by Gasteiger charge is 2.15. The maximum atomic E-state index is 12.6. The molecule has 0 fully saturated rings. The van der Waals surface area contributed by atoms with Crippen LogP contribution in [-0.2, 0) is 13.6 Å². The minimum Gasteiger partial charge on any atom is -0.455 e. The van der Waals surface area contributed by atoms with Crippen molar-refractivity contribution in [3.63, 3.8) is 0 Å². The van der Waals surface area contributed by atoms with Gasteiger partial charge in [0.1, 0.15) is 5.75 Å². The Morgan fingerprint density at radius 3 is 2.72 bits per heavy atom. The molecule has 0 spiro atoms. The molecule has 5 rings (SSSR count). The van der Waals surface area contributed by atoms with Crippen LogP contribution >= 0.6 is 11.6 Å². The summed E-state index contributed by atoms with van der Waals surface area (Å²) in [5, 5.41) is 13.1. The molecule has 0 saturated heterocycles. The van der Waals surface area contributed by atoms with E-state index in [-0.39, 0.29) is 5.56 Å². The first-order chi connectivity index (χ1) is 15.5. The van der Waals surface area contributed by atoms with E-state index in [9.17, 15) is 4.79 Å². The van der Waals surface area contributed by atoms with Gasteiger partial charge in [0.25, 0.3) is 5.56 Å². The van der Waals surface area contributed by atoms with E-state index in [1.54, 1.807) is 19.2 Å². The lowest BCUT2D eigenvalue weighted by molar-refractivity contribution is 0.484. The van der Waals surface area contributed by atoms with Gasteiger partial charge in [0.15, 0.2) is 11.6 Å². The van der Waals surface area contributed by atoms with Crippen LogP contribution in [0.2, 0.25) is 5.02 Å². The Bertz CT molecular complexity index is 1520. The summed E-state index contributed by atoms with van der Waals surface area (Å²) in [6, 6.07) is 20.7. The van der Waals surface area contributed by atoms with Crippen molar-refractivity contribution in [3.8, 4) is 11.5 Å². The zero-order valence-corrected chi connectivity index (χ0v) is 18.3. The number of nitrogens with zero attached hydrogens (tertiary/aromatic N) is 4. The minimum absolute atomic E-state index is 0.108. The zero-order valence-electron chi connectivity index (χ0n) is 17.5. The fourth-order valence-electron chi connectivity index (χ4n) is 3.72. The van der Waals surface area contributed by atoms with Crippen LogP contribution in [0, 0.1) is 6.92 Å². The first-order valence-corrected chi connectivity index (χ1v) is 10.5. The molecule has 32 heavy (non-hydrogen) atoms. The van der Waals surface area contributed by atoms with Crippen LogP contribution in [0.15, 0.2) is 71.5 Å². The molecule has 7 nitrogen and oxygen atoms in total. The third-order valence-corrected chi connectivity index (χ3v) is 5.52. The predicted molar refractivity (Wildman–Crippen MR) is 126 cm³/mol. The molecule has 0 unspecified atom stereocenters. The van der Waals surface area contributed by atoms with Crippen LogP contribution in [0.4, 0.5) is 5.69 Å². The van der Waals surface area contributed by atoms with Crippen molar-refractivity contribution in [2.24, 2.45) is 7.05 Å². The number of benzene rings is 3. The number of rotatable bonds is 5. The number of anilines is 1. The van der Waals surface area contributed by atoms with E-state index in [0.29, 0.717) is 34.3 Å². The van der Waals surface area contributed by atoms with Gasteiger partial charge in [0.05, 0.1) is 23.1 Å². The van der Waals surface area contributed by atoms with Crippen molar-refractivity contribution < 1.29 is 4.74 Å². The van der Waals surface area contributed by atoms with Gasteiger partial charge < -0.3 is 10.1 Å². The van der Waals surface area contributed by atoms with Crippen molar-refractivity contribution in [1.29, 1.82) is 0 Å². The Morgan fingerprint density at radius 2 is 1.88 bits per heavy atom. The number of aromatic nitrogens is 4. The monoisotopic (exact) mass is 445 g/mol. The van der Waals surface area contributed by atoms with Gasteiger partial charge in [0, 0.05) is 12.1 Å². The highest BCUT2D eigenvalue weighted by atomic mass is 35.5. The van der Waals surface area contributed by atoms with E-state index in [2.05, 4.69) is 15.5 Å². The maximum absolute atomic E-state index is 12.6. The van der Waals surface area contributed by atoms with Crippen molar-refractivity contribution in [1.82, 2.24) is 19.2 Å². The van der Waals surface area contributed by atoms with E-state index in [4.69, 9.17) is 16.3 Å². The molecule has 0 bridgehead atoms. The summed E-state index contributed by atoms with van der Waals surface area (Å²) in [6.45, 7) is 2.37. The summed E-state index contributed by atoms with van der Waals surface area (Å²) in [4.78, 5) is 12.6. The largest absolute Gasteiger partial charge is 0.455 e. The third-order valence-electron chi connectivity index (χ3n) is 5.29. The van der Waals surface area contributed by atoms with Gasteiger partial charge in [-0.15, -0.1) is 10.2 Å². The van der Waals surface area contributed by atoms with E-state index < -0.39 is 0 Å². The number of hydrogen-bond acceptors (Lipinski definition) is 5. The van der Waals surface area contributed by atoms with Crippen LogP contribution in [-0.4, -0.2) is 19.2 Å². The summed E-state index contributed by atoms with van der Waals surface area (Å²) in [5.74, 6) is 2.52. The smallest absolute Gasteiger partial charge is 0.262 e. The third kappa shape index (κ3) is 3.56. The average Bonchev–Trinajstić information content (AvgIpc) is 3.22. The van der Waals surface area contributed by atoms with Gasteiger partial charge in [0.2, 0.25) is 5.78 Å². The first kappa shape index (κ1) is 20.1. The van der Waals surface area contributed by atoms with Gasteiger partial charge in [-0.1, -0.05) is 35.9 Å². The standard InChI is InChI=1S/C24H20ClN5O2/c1-15-6-5-7-17(12-15)32-21-11-10-16(25)13-19(21)26-14-22-27-28-24-29(2)23(31)18-8-3-4-9-20(18)30(22)24/h3-13,26H,14H2,1-2H3. The average molecular weight is 446 g/mol. The van der Waals surface area contributed by atoms with Crippen LogP contribution < -0.4 is 15.6 Å². The molecule has 0 amide bonds. The van der Waals surface area contributed by atoms with E-state index in [0.717, 1.165) is 22.5 Å². The highest BCUT2D eigenvalue weighted by Crippen LogP contribution is 2.32. The topological polar surface area (TPSA) is 73.4 Å². The normalized spacial score (nSPS) is 11.2. The molecule has 0 saturated carbocycles.